The number of carbonyl (C=O) groups excluding carboxylic acids is 1. The molecule has 9 nitrogen and oxygen atoms in total. The molecule has 1 aromatic heterocycles. The van der Waals surface area contributed by atoms with Gasteiger partial charge in [-0.05, 0) is 54.7 Å². The van der Waals surface area contributed by atoms with Crippen LogP contribution in [-0.2, 0) is 11.3 Å². The summed E-state index contributed by atoms with van der Waals surface area (Å²) in [7, 11) is -1.63. The number of anilines is 1. The van der Waals surface area contributed by atoms with Crippen molar-refractivity contribution in [3.05, 3.63) is 91.0 Å². The SMILES string of the molecule is CC(C)C[C@H](NC(=O)Cn1nc(-c2cccc(OCCCN3CCN(c4ccccc4)CC3)c2)cc1-c1ccccc1)B(O)O.Cl.Cl. The summed E-state index contributed by atoms with van der Waals surface area (Å²) in [5.74, 6) is -0.110. The van der Waals surface area contributed by atoms with Crippen LogP contribution in [0.5, 0.6) is 5.75 Å². The number of nitrogens with zero attached hydrogens (tertiary/aromatic N) is 4. The van der Waals surface area contributed by atoms with Gasteiger partial charge in [0.1, 0.15) is 12.3 Å². The Hall–Kier alpha value is -3.54. The minimum Gasteiger partial charge on any atom is -0.494 e. The van der Waals surface area contributed by atoms with Gasteiger partial charge >= 0.3 is 7.12 Å². The molecule has 1 saturated heterocycles. The van der Waals surface area contributed by atoms with Gasteiger partial charge in [-0.25, -0.2) is 0 Å². The second-order valence-corrected chi connectivity index (χ2v) is 12.0. The standard InChI is InChI=1S/C35H44BN5O4.2ClH/c1-27(2)23-34(36(43)44)37-35(42)26-41-33(28-11-5-3-6-12-28)25-32(38-41)29-13-9-16-31(24-29)45-22-10-17-39-18-20-40(21-19-39)30-14-7-4-8-15-30;;/h3-9,11-16,24-25,27,34,43-44H,10,17-23,26H2,1-2H3,(H,37,42);2*1H/t34-;;/m0../s1. The molecule has 0 saturated carbocycles. The van der Waals surface area contributed by atoms with E-state index in [1.54, 1.807) is 4.68 Å². The summed E-state index contributed by atoms with van der Waals surface area (Å²) in [6.45, 7) is 9.69. The fourth-order valence-electron chi connectivity index (χ4n) is 5.76. The van der Waals surface area contributed by atoms with Gasteiger partial charge in [-0.3, -0.25) is 14.4 Å². The fraction of sp³-hybridized carbons (Fsp3) is 0.371. The molecule has 1 fully saturated rings. The zero-order valence-electron chi connectivity index (χ0n) is 27.1. The highest BCUT2D eigenvalue weighted by atomic mass is 35.5. The number of halogens is 2. The number of ether oxygens (including phenoxy) is 1. The Balaban J connectivity index is 0.00000300. The second kappa shape index (κ2) is 18.7. The quantitative estimate of drug-likeness (QED) is 0.124. The van der Waals surface area contributed by atoms with Crippen molar-refractivity contribution in [3.8, 4) is 28.3 Å². The highest BCUT2D eigenvalue weighted by molar-refractivity contribution is 6.43. The third kappa shape index (κ3) is 11.0. The van der Waals surface area contributed by atoms with Crippen molar-refractivity contribution in [2.75, 3.05) is 44.2 Å². The van der Waals surface area contributed by atoms with E-state index < -0.39 is 13.1 Å². The predicted molar refractivity (Wildman–Crippen MR) is 194 cm³/mol. The third-order valence-corrected chi connectivity index (χ3v) is 8.09. The lowest BCUT2D eigenvalue weighted by molar-refractivity contribution is -0.122. The topological polar surface area (TPSA) is 103 Å². The number of hydrogen-bond acceptors (Lipinski definition) is 7. The molecule has 1 amide bonds. The van der Waals surface area contributed by atoms with Crippen LogP contribution in [0.15, 0.2) is 91.0 Å². The van der Waals surface area contributed by atoms with Crippen LogP contribution in [0.25, 0.3) is 22.5 Å². The van der Waals surface area contributed by atoms with Gasteiger partial charge in [-0.15, -0.1) is 24.8 Å². The van der Waals surface area contributed by atoms with Crippen LogP contribution in [0.2, 0.25) is 0 Å². The summed E-state index contributed by atoms with van der Waals surface area (Å²) in [5, 5.41) is 27.1. The van der Waals surface area contributed by atoms with Crippen LogP contribution in [0.4, 0.5) is 5.69 Å². The summed E-state index contributed by atoms with van der Waals surface area (Å²) >= 11 is 0. The first-order valence-electron chi connectivity index (χ1n) is 15.9. The second-order valence-electron chi connectivity index (χ2n) is 12.0. The van der Waals surface area contributed by atoms with Crippen molar-refractivity contribution in [3.63, 3.8) is 0 Å². The van der Waals surface area contributed by atoms with Crippen molar-refractivity contribution in [1.29, 1.82) is 0 Å². The molecular weight excluding hydrogens is 636 g/mol. The van der Waals surface area contributed by atoms with Gasteiger partial charge in [0.2, 0.25) is 5.91 Å². The molecule has 1 aliphatic heterocycles. The van der Waals surface area contributed by atoms with Gasteiger partial charge in [0.15, 0.2) is 0 Å². The number of para-hydroxylation sites is 1. The molecule has 1 atom stereocenters. The van der Waals surface area contributed by atoms with Gasteiger partial charge in [-0.2, -0.15) is 5.10 Å². The van der Waals surface area contributed by atoms with Gasteiger partial charge in [0.05, 0.1) is 23.9 Å². The highest BCUT2D eigenvalue weighted by Crippen LogP contribution is 2.28. The molecule has 4 aromatic rings. The van der Waals surface area contributed by atoms with Crippen LogP contribution in [0.3, 0.4) is 0 Å². The van der Waals surface area contributed by atoms with E-state index in [2.05, 4.69) is 45.4 Å². The molecule has 0 aliphatic carbocycles. The molecule has 252 valence electrons. The van der Waals surface area contributed by atoms with E-state index in [4.69, 9.17) is 9.84 Å². The fourth-order valence-corrected chi connectivity index (χ4v) is 5.76. The minimum atomic E-state index is -1.63. The van der Waals surface area contributed by atoms with E-state index in [9.17, 15) is 14.8 Å². The van der Waals surface area contributed by atoms with Crippen LogP contribution in [0, 0.1) is 5.92 Å². The van der Waals surface area contributed by atoms with E-state index >= 15 is 0 Å². The lowest BCUT2D eigenvalue weighted by atomic mass is 9.75. The maximum absolute atomic E-state index is 13.0. The molecule has 12 heteroatoms. The average molecular weight is 683 g/mol. The number of piperazine rings is 1. The normalized spacial score (nSPS) is 13.8. The van der Waals surface area contributed by atoms with Crippen molar-refractivity contribution < 1.29 is 19.6 Å². The molecular formula is C35H46BCl2N5O4. The van der Waals surface area contributed by atoms with Gasteiger partial charge < -0.3 is 25.0 Å². The lowest BCUT2D eigenvalue weighted by Gasteiger charge is -2.36. The third-order valence-electron chi connectivity index (χ3n) is 8.09. The monoisotopic (exact) mass is 681 g/mol. The molecule has 1 aliphatic rings. The summed E-state index contributed by atoms with van der Waals surface area (Å²) in [6, 6.07) is 30.3. The molecule has 0 radical (unpaired) electrons. The Labute approximate surface area is 290 Å². The van der Waals surface area contributed by atoms with Gasteiger partial charge in [0.25, 0.3) is 0 Å². The van der Waals surface area contributed by atoms with Gasteiger partial charge in [-0.1, -0.05) is 74.5 Å². The Morgan fingerprint density at radius 3 is 2.21 bits per heavy atom. The predicted octanol–water partition coefficient (Wildman–Crippen LogP) is 5.19. The number of rotatable bonds is 14. The Morgan fingerprint density at radius 1 is 0.894 bits per heavy atom. The molecule has 3 aromatic carbocycles. The smallest absolute Gasteiger partial charge is 0.475 e. The molecule has 0 unspecified atom stereocenters. The summed E-state index contributed by atoms with van der Waals surface area (Å²) in [6.07, 6.45) is 1.40. The number of nitrogens with one attached hydrogen (secondary N) is 1. The zero-order chi connectivity index (χ0) is 31.6. The van der Waals surface area contributed by atoms with Crippen molar-refractivity contribution in [2.24, 2.45) is 5.92 Å². The van der Waals surface area contributed by atoms with Crippen molar-refractivity contribution >= 4 is 43.5 Å². The van der Waals surface area contributed by atoms with E-state index in [-0.39, 0.29) is 43.2 Å². The summed E-state index contributed by atoms with van der Waals surface area (Å²) < 4.78 is 7.82. The van der Waals surface area contributed by atoms with Crippen LogP contribution in [-0.4, -0.2) is 83.0 Å². The molecule has 3 N–H and O–H groups in total. The largest absolute Gasteiger partial charge is 0.494 e. The molecule has 5 rings (SSSR count). The Morgan fingerprint density at radius 2 is 1.55 bits per heavy atom. The number of aromatic nitrogens is 2. The highest BCUT2D eigenvalue weighted by Gasteiger charge is 2.26. The Kier molecular flexibility index (Phi) is 15.1. The zero-order valence-corrected chi connectivity index (χ0v) is 28.7. The first kappa shape index (κ1) is 37.9. The molecule has 2 heterocycles. The number of hydrogen-bond donors (Lipinski definition) is 3. The van der Waals surface area contributed by atoms with E-state index in [1.807, 2.05) is 74.5 Å². The number of carbonyl (C=O) groups is 1. The average Bonchev–Trinajstić information content (AvgIpc) is 3.47. The van der Waals surface area contributed by atoms with Crippen LogP contribution >= 0.6 is 24.8 Å². The maximum atomic E-state index is 13.0. The van der Waals surface area contributed by atoms with Crippen LogP contribution < -0.4 is 15.0 Å². The maximum Gasteiger partial charge on any atom is 0.475 e. The van der Waals surface area contributed by atoms with E-state index in [0.717, 1.165) is 67.4 Å². The van der Waals surface area contributed by atoms with E-state index in [1.165, 1.54) is 5.69 Å². The van der Waals surface area contributed by atoms with Crippen molar-refractivity contribution in [1.82, 2.24) is 20.0 Å². The lowest BCUT2D eigenvalue weighted by Crippen LogP contribution is -2.48. The first-order chi connectivity index (χ1) is 21.9. The summed E-state index contributed by atoms with van der Waals surface area (Å²) in [4.78, 5) is 18.0. The molecule has 47 heavy (non-hydrogen) atoms. The first-order valence-corrected chi connectivity index (χ1v) is 15.9. The van der Waals surface area contributed by atoms with Crippen LogP contribution in [0.1, 0.15) is 26.7 Å². The minimum absolute atomic E-state index is 0. The summed E-state index contributed by atoms with van der Waals surface area (Å²) in [5.41, 5.74) is 4.64. The Bertz CT molecular complexity index is 1500. The molecule has 0 spiro atoms. The number of amides is 1. The van der Waals surface area contributed by atoms with Crippen molar-refractivity contribution in [2.45, 2.75) is 39.2 Å². The molecule has 0 bridgehead atoms. The van der Waals surface area contributed by atoms with E-state index in [0.29, 0.717) is 13.0 Å². The van der Waals surface area contributed by atoms with Gasteiger partial charge in [0, 0.05) is 44.0 Å². The number of benzene rings is 3.